The second-order valence-corrected chi connectivity index (χ2v) is 4.84. The lowest BCUT2D eigenvalue weighted by Crippen LogP contribution is -2.37. The molecule has 0 aliphatic carbocycles. The molecule has 1 rings (SSSR count). The number of rotatable bonds is 5. The zero-order valence-electron chi connectivity index (χ0n) is 10.3. The van der Waals surface area contributed by atoms with Crippen LogP contribution < -0.4 is 5.32 Å². The van der Waals surface area contributed by atoms with Crippen molar-refractivity contribution in [3.05, 3.63) is 35.6 Å². The fourth-order valence-corrected chi connectivity index (χ4v) is 1.35. The molecule has 0 aromatic heterocycles. The summed E-state index contributed by atoms with van der Waals surface area (Å²) in [5.41, 5.74) is 0.126. The van der Waals surface area contributed by atoms with Gasteiger partial charge in [-0.1, -0.05) is 12.1 Å². The lowest BCUT2D eigenvalue weighted by molar-refractivity contribution is -0.146. The molecule has 17 heavy (non-hydrogen) atoms. The van der Waals surface area contributed by atoms with Crippen LogP contribution in [0, 0.1) is 11.2 Å². The Balaban J connectivity index is 2.58. The largest absolute Gasteiger partial charge is 0.481 e. The quantitative estimate of drug-likeness (QED) is 0.830. The number of carboxylic acid groups (broad SMARTS) is 1. The number of carbonyl (C=O) groups is 1. The number of carboxylic acids is 1. The van der Waals surface area contributed by atoms with E-state index in [0.29, 0.717) is 6.54 Å². The van der Waals surface area contributed by atoms with Crippen LogP contribution in [0.4, 0.5) is 4.39 Å². The molecule has 0 heterocycles. The van der Waals surface area contributed by atoms with Gasteiger partial charge in [-0.05, 0) is 38.5 Å². The molecule has 0 aliphatic heterocycles. The fraction of sp³-hybridized carbons (Fsp3) is 0.462. The highest BCUT2D eigenvalue weighted by Gasteiger charge is 2.27. The van der Waals surface area contributed by atoms with Gasteiger partial charge in [0, 0.05) is 12.6 Å². The van der Waals surface area contributed by atoms with Crippen LogP contribution in [0.5, 0.6) is 0 Å². The van der Waals surface area contributed by atoms with Crippen molar-refractivity contribution < 1.29 is 14.3 Å². The Bertz CT molecular complexity index is 387. The number of benzene rings is 1. The third-order valence-electron chi connectivity index (χ3n) is 2.80. The van der Waals surface area contributed by atoms with Crippen LogP contribution in [-0.2, 0) is 4.79 Å². The van der Waals surface area contributed by atoms with E-state index in [2.05, 4.69) is 5.32 Å². The molecular formula is C13H18FNO2. The third kappa shape index (κ3) is 3.82. The van der Waals surface area contributed by atoms with Gasteiger partial charge in [0.05, 0.1) is 5.41 Å². The van der Waals surface area contributed by atoms with Gasteiger partial charge >= 0.3 is 5.97 Å². The summed E-state index contributed by atoms with van der Waals surface area (Å²) in [6.45, 7) is 5.62. The molecule has 0 bridgehead atoms. The van der Waals surface area contributed by atoms with E-state index in [0.717, 1.165) is 5.56 Å². The molecule has 0 saturated carbocycles. The number of halogens is 1. The number of nitrogens with one attached hydrogen (secondary N) is 1. The molecule has 0 aliphatic rings. The molecule has 0 radical (unpaired) electrons. The first-order valence-electron chi connectivity index (χ1n) is 5.55. The maximum atomic E-state index is 12.7. The van der Waals surface area contributed by atoms with Crippen LogP contribution in [0.1, 0.15) is 32.4 Å². The molecule has 1 aromatic carbocycles. The highest BCUT2D eigenvalue weighted by atomic mass is 19.1. The van der Waals surface area contributed by atoms with Gasteiger partial charge in [0.1, 0.15) is 5.82 Å². The molecule has 1 atom stereocenters. The van der Waals surface area contributed by atoms with Crippen LogP contribution in [-0.4, -0.2) is 17.6 Å². The summed E-state index contributed by atoms with van der Waals surface area (Å²) in [5.74, 6) is -1.11. The average molecular weight is 239 g/mol. The summed E-state index contributed by atoms with van der Waals surface area (Å²) < 4.78 is 12.7. The van der Waals surface area contributed by atoms with Gasteiger partial charge in [-0.15, -0.1) is 0 Å². The first-order chi connectivity index (χ1) is 7.83. The Morgan fingerprint density at radius 1 is 1.41 bits per heavy atom. The van der Waals surface area contributed by atoms with E-state index in [-0.39, 0.29) is 11.9 Å². The summed E-state index contributed by atoms with van der Waals surface area (Å²) in [5, 5.41) is 12.1. The molecule has 0 saturated heterocycles. The zero-order chi connectivity index (χ0) is 13.1. The first-order valence-corrected chi connectivity index (χ1v) is 5.55. The van der Waals surface area contributed by atoms with Crippen molar-refractivity contribution in [2.45, 2.75) is 26.8 Å². The summed E-state index contributed by atoms with van der Waals surface area (Å²) >= 11 is 0. The van der Waals surface area contributed by atoms with Gasteiger partial charge < -0.3 is 10.4 Å². The molecule has 0 spiro atoms. The molecule has 4 heteroatoms. The molecule has 0 unspecified atom stereocenters. The highest BCUT2D eigenvalue weighted by molar-refractivity contribution is 5.73. The molecule has 0 amide bonds. The molecule has 0 fully saturated rings. The van der Waals surface area contributed by atoms with E-state index in [9.17, 15) is 9.18 Å². The predicted molar refractivity (Wildman–Crippen MR) is 64.2 cm³/mol. The van der Waals surface area contributed by atoms with Crippen molar-refractivity contribution in [1.29, 1.82) is 0 Å². The number of aliphatic carboxylic acids is 1. The average Bonchev–Trinajstić information content (AvgIpc) is 2.27. The Kier molecular flexibility index (Phi) is 4.23. The van der Waals surface area contributed by atoms with E-state index < -0.39 is 11.4 Å². The van der Waals surface area contributed by atoms with E-state index in [1.54, 1.807) is 26.0 Å². The summed E-state index contributed by atoms with van der Waals surface area (Å²) in [6, 6.07) is 6.18. The van der Waals surface area contributed by atoms with Crippen LogP contribution in [0.25, 0.3) is 0 Å². The molecule has 1 aromatic rings. The maximum absolute atomic E-state index is 12.7. The van der Waals surface area contributed by atoms with E-state index in [1.807, 2.05) is 6.92 Å². The summed E-state index contributed by atoms with van der Waals surface area (Å²) in [4.78, 5) is 10.9. The van der Waals surface area contributed by atoms with Crippen LogP contribution in [0.3, 0.4) is 0 Å². The minimum Gasteiger partial charge on any atom is -0.481 e. The lowest BCUT2D eigenvalue weighted by Gasteiger charge is -2.23. The normalized spacial score (nSPS) is 13.4. The monoisotopic (exact) mass is 239 g/mol. The zero-order valence-corrected chi connectivity index (χ0v) is 10.3. The smallest absolute Gasteiger partial charge is 0.310 e. The van der Waals surface area contributed by atoms with Crippen molar-refractivity contribution in [2.75, 3.05) is 6.54 Å². The standard InChI is InChI=1S/C13H18FNO2/c1-9(10-4-6-11(14)7-5-10)15-8-13(2,3)12(16)17/h4-7,9,15H,8H2,1-3H3,(H,16,17)/t9-/m0/s1. The fourth-order valence-electron chi connectivity index (χ4n) is 1.35. The van der Waals surface area contributed by atoms with Crippen LogP contribution in [0.2, 0.25) is 0 Å². The van der Waals surface area contributed by atoms with Crippen LogP contribution in [0.15, 0.2) is 24.3 Å². The second-order valence-electron chi connectivity index (χ2n) is 4.84. The Labute approximate surface area is 101 Å². The first kappa shape index (κ1) is 13.6. The molecule has 2 N–H and O–H groups in total. The maximum Gasteiger partial charge on any atom is 0.310 e. The van der Waals surface area contributed by atoms with E-state index >= 15 is 0 Å². The Morgan fingerprint density at radius 2 is 1.94 bits per heavy atom. The molecular weight excluding hydrogens is 221 g/mol. The van der Waals surface area contributed by atoms with Gasteiger partial charge in [0.2, 0.25) is 0 Å². The third-order valence-corrected chi connectivity index (χ3v) is 2.80. The van der Waals surface area contributed by atoms with Crippen molar-refractivity contribution >= 4 is 5.97 Å². The second kappa shape index (κ2) is 5.27. The SMILES string of the molecule is C[C@H](NCC(C)(C)C(=O)O)c1ccc(F)cc1. The predicted octanol–water partition coefficient (Wildman–Crippen LogP) is 2.59. The van der Waals surface area contributed by atoms with Crippen molar-refractivity contribution in [3.63, 3.8) is 0 Å². The van der Waals surface area contributed by atoms with Crippen molar-refractivity contribution in [3.8, 4) is 0 Å². The van der Waals surface area contributed by atoms with Gasteiger partial charge in [-0.25, -0.2) is 4.39 Å². The molecule has 94 valence electrons. The lowest BCUT2D eigenvalue weighted by atomic mass is 9.93. The van der Waals surface area contributed by atoms with E-state index in [1.165, 1.54) is 12.1 Å². The number of hydrogen-bond acceptors (Lipinski definition) is 2. The van der Waals surface area contributed by atoms with E-state index in [4.69, 9.17) is 5.11 Å². The van der Waals surface area contributed by atoms with Crippen molar-refractivity contribution in [2.24, 2.45) is 5.41 Å². The number of hydrogen-bond donors (Lipinski definition) is 2. The van der Waals surface area contributed by atoms with Gasteiger partial charge in [0.15, 0.2) is 0 Å². The van der Waals surface area contributed by atoms with Gasteiger partial charge in [-0.3, -0.25) is 4.79 Å². The Morgan fingerprint density at radius 3 is 2.41 bits per heavy atom. The molecule has 3 nitrogen and oxygen atoms in total. The van der Waals surface area contributed by atoms with Crippen molar-refractivity contribution in [1.82, 2.24) is 5.32 Å². The minimum absolute atomic E-state index is 0.00535. The Hall–Kier alpha value is -1.42. The van der Waals surface area contributed by atoms with Crippen LogP contribution >= 0.6 is 0 Å². The summed E-state index contributed by atoms with van der Waals surface area (Å²) in [6.07, 6.45) is 0. The summed E-state index contributed by atoms with van der Waals surface area (Å²) in [7, 11) is 0. The topological polar surface area (TPSA) is 49.3 Å². The van der Waals surface area contributed by atoms with Gasteiger partial charge in [-0.2, -0.15) is 0 Å². The van der Waals surface area contributed by atoms with Gasteiger partial charge in [0.25, 0.3) is 0 Å². The minimum atomic E-state index is -0.837. The highest BCUT2D eigenvalue weighted by Crippen LogP contribution is 2.17.